The fourth-order valence-corrected chi connectivity index (χ4v) is 4.41. The number of hydrogen-bond donors (Lipinski definition) is 3. The molecule has 2 amide bonds. The molecule has 8 nitrogen and oxygen atoms in total. The Kier molecular flexibility index (Phi) is 5.63. The molecule has 2 fully saturated rings. The van der Waals surface area contributed by atoms with Gasteiger partial charge in [0.15, 0.2) is 5.82 Å². The predicted molar refractivity (Wildman–Crippen MR) is 108 cm³/mol. The number of anilines is 1. The Balaban J connectivity index is 1.35. The molecular formula is C21H25F2N5O3. The molecule has 31 heavy (non-hydrogen) atoms. The maximum atomic E-state index is 12.8. The van der Waals surface area contributed by atoms with E-state index in [9.17, 15) is 23.5 Å². The molecule has 0 aliphatic heterocycles. The first kappa shape index (κ1) is 21.2. The molecule has 2 heterocycles. The Morgan fingerprint density at radius 2 is 2.13 bits per heavy atom. The lowest BCUT2D eigenvalue weighted by molar-refractivity contribution is -0.115. The molecular weight excluding hydrogens is 408 g/mol. The quantitative estimate of drug-likeness (QED) is 0.609. The lowest BCUT2D eigenvalue weighted by atomic mass is 10.0. The zero-order valence-electron chi connectivity index (χ0n) is 17.1. The summed E-state index contributed by atoms with van der Waals surface area (Å²) in [5.74, 6) is 0.0782. The van der Waals surface area contributed by atoms with Crippen molar-refractivity contribution in [3.05, 3.63) is 41.3 Å². The SMILES string of the molecule is CC1(N(C(=O)O)[C@@H]2CC[C@H](c3cc(NC(=O)Cc4cc(C(F)F)ccn4)n[nH]3)C2)CC1. The van der Waals surface area contributed by atoms with Crippen LogP contribution in [0.4, 0.5) is 19.4 Å². The third-order valence-corrected chi connectivity index (χ3v) is 6.27. The summed E-state index contributed by atoms with van der Waals surface area (Å²) in [7, 11) is 0. The third kappa shape index (κ3) is 4.67. The minimum Gasteiger partial charge on any atom is -0.465 e. The van der Waals surface area contributed by atoms with Crippen LogP contribution in [0.3, 0.4) is 0 Å². The van der Waals surface area contributed by atoms with Crippen molar-refractivity contribution in [1.29, 1.82) is 0 Å². The second-order valence-electron chi connectivity index (χ2n) is 8.63. The first-order valence-electron chi connectivity index (χ1n) is 10.4. The van der Waals surface area contributed by atoms with Crippen LogP contribution in [0.25, 0.3) is 0 Å². The van der Waals surface area contributed by atoms with Gasteiger partial charge in [-0.15, -0.1) is 0 Å². The van der Waals surface area contributed by atoms with Crippen LogP contribution in [0, 0.1) is 0 Å². The molecule has 2 aliphatic rings. The van der Waals surface area contributed by atoms with Gasteiger partial charge in [0.05, 0.1) is 12.1 Å². The Labute approximate surface area is 178 Å². The fraction of sp³-hybridized carbons (Fsp3) is 0.524. The highest BCUT2D eigenvalue weighted by molar-refractivity contribution is 5.91. The van der Waals surface area contributed by atoms with Gasteiger partial charge in [-0.25, -0.2) is 13.6 Å². The topological polar surface area (TPSA) is 111 Å². The van der Waals surface area contributed by atoms with Crippen LogP contribution < -0.4 is 5.32 Å². The minimum absolute atomic E-state index is 0.0236. The number of H-pyrrole nitrogens is 1. The summed E-state index contributed by atoms with van der Waals surface area (Å²) in [5.41, 5.74) is 0.689. The van der Waals surface area contributed by atoms with E-state index in [1.165, 1.54) is 18.3 Å². The largest absolute Gasteiger partial charge is 0.465 e. The smallest absolute Gasteiger partial charge is 0.408 e. The molecule has 166 valence electrons. The van der Waals surface area contributed by atoms with E-state index in [-0.39, 0.29) is 35.2 Å². The van der Waals surface area contributed by atoms with Crippen molar-refractivity contribution in [3.8, 4) is 0 Å². The van der Waals surface area contributed by atoms with Gasteiger partial charge in [0.25, 0.3) is 6.43 Å². The van der Waals surface area contributed by atoms with Crippen LogP contribution in [0.1, 0.15) is 68.3 Å². The lowest BCUT2D eigenvalue weighted by Crippen LogP contribution is -2.45. The summed E-state index contributed by atoms with van der Waals surface area (Å²) in [6.45, 7) is 1.99. The van der Waals surface area contributed by atoms with Gasteiger partial charge in [0, 0.05) is 41.0 Å². The van der Waals surface area contributed by atoms with E-state index in [1.807, 2.05) is 6.92 Å². The molecule has 0 aromatic carbocycles. The standard InChI is InChI=1S/C21H25F2N5O3/c1-21(5-6-21)28(20(30)31)15-3-2-12(9-15)16-11-17(27-26-16)25-18(29)10-14-8-13(19(22)23)4-7-24-14/h4,7-8,11-12,15,19H,2-3,5-6,9-10H2,1H3,(H,30,31)(H2,25,26,27,29)/t12-,15+/m0/s1. The van der Waals surface area contributed by atoms with Gasteiger partial charge in [-0.1, -0.05) is 0 Å². The molecule has 4 rings (SSSR count). The average molecular weight is 433 g/mol. The van der Waals surface area contributed by atoms with Crippen LogP contribution >= 0.6 is 0 Å². The summed E-state index contributed by atoms with van der Waals surface area (Å²) in [4.78, 5) is 29.6. The Morgan fingerprint density at radius 3 is 2.81 bits per heavy atom. The highest BCUT2D eigenvalue weighted by atomic mass is 19.3. The second kappa shape index (κ2) is 8.24. The van der Waals surface area contributed by atoms with Crippen molar-refractivity contribution in [2.75, 3.05) is 5.32 Å². The molecule has 0 unspecified atom stereocenters. The van der Waals surface area contributed by atoms with Crippen LogP contribution in [-0.4, -0.2) is 48.8 Å². The molecule has 0 bridgehead atoms. The minimum atomic E-state index is -2.62. The number of carbonyl (C=O) groups excluding carboxylic acids is 1. The number of halogens is 2. The van der Waals surface area contributed by atoms with E-state index in [0.717, 1.165) is 31.4 Å². The van der Waals surface area contributed by atoms with Gasteiger partial charge >= 0.3 is 6.09 Å². The van der Waals surface area contributed by atoms with E-state index in [2.05, 4.69) is 20.5 Å². The van der Waals surface area contributed by atoms with Gasteiger partial charge < -0.3 is 10.4 Å². The summed E-state index contributed by atoms with van der Waals surface area (Å²) in [5, 5.41) is 19.4. The van der Waals surface area contributed by atoms with E-state index in [0.29, 0.717) is 12.2 Å². The number of carbonyl (C=O) groups is 2. The van der Waals surface area contributed by atoms with E-state index < -0.39 is 18.4 Å². The first-order chi connectivity index (χ1) is 14.7. The Bertz CT molecular complexity index is 975. The maximum Gasteiger partial charge on any atom is 0.408 e. The zero-order valence-corrected chi connectivity index (χ0v) is 17.1. The molecule has 3 N–H and O–H groups in total. The van der Waals surface area contributed by atoms with Crippen molar-refractivity contribution in [1.82, 2.24) is 20.1 Å². The normalized spacial score (nSPS) is 21.8. The number of aromatic amines is 1. The molecule has 0 saturated heterocycles. The van der Waals surface area contributed by atoms with Crippen molar-refractivity contribution in [2.24, 2.45) is 0 Å². The van der Waals surface area contributed by atoms with E-state index in [1.54, 1.807) is 11.0 Å². The molecule has 0 spiro atoms. The van der Waals surface area contributed by atoms with Gasteiger partial charge in [-0.3, -0.25) is 19.8 Å². The second-order valence-corrected chi connectivity index (χ2v) is 8.63. The van der Waals surface area contributed by atoms with Crippen molar-refractivity contribution in [2.45, 2.75) is 69.4 Å². The number of nitrogens with one attached hydrogen (secondary N) is 2. The molecule has 2 aliphatic carbocycles. The molecule has 2 aromatic rings. The van der Waals surface area contributed by atoms with Gasteiger partial charge in [0.2, 0.25) is 5.91 Å². The van der Waals surface area contributed by atoms with Crippen LogP contribution in [0.5, 0.6) is 0 Å². The fourth-order valence-electron chi connectivity index (χ4n) is 4.41. The van der Waals surface area contributed by atoms with Crippen molar-refractivity contribution < 1.29 is 23.5 Å². The van der Waals surface area contributed by atoms with E-state index in [4.69, 9.17) is 0 Å². The molecule has 10 heteroatoms. The zero-order chi connectivity index (χ0) is 22.2. The Morgan fingerprint density at radius 1 is 1.35 bits per heavy atom. The monoisotopic (exact) mass is 433 g/mol. The number of nitrogens with zero attached hydrogens (tertiary/aromatic N) is 3. The number of carboxylic acid groups (broad SMARTS) is 1. The summed E-state index contributed by atoms with van der Waals surface area (Å²) in [6.07, 6.45) is 1.77. The molecule has 2 saturated carbocycles. The van der Waals surface area contributed by atoms with E-state index >= 15 is 0 Å². The average Bonchev–Trinajstić information content (AvgIpc) is 3.08. The van der Waals surface area contributed by atoms with Gasteiger partial charge in [0.1, 0.15) is 0 Å². The summed E-state index contributed by atoms with van der Waals surface area (Å²) < 4.78 is 25.6. The van der Waals surface area contributed by atoms with Crippen molar-refractivity contribution in [3.63, 3.8) is 0 Å². The van der Waals surface area contributed by atoms with Crippen LogP contribution in [-0.2, 0) is 11.2 Å². The lowest BCUT2D eigenvalue weighted by Gasteiger charge is -2.32. The maximum absolute atomic E-state index is 12.8. The number of pyridine rings is 1. The molecule has 2 aromatic heterocycles. The predicted octanol–water partition coefficient (Wildman–Crippen LogP) is 4.09. The van der Waals surface area contributed by atoms with Crippen LogP contribution in [0.15, 0.2) is 24.4 Å². The third-order valence-electron chi connectivity index (χ3n) is 6.27. The first-order valence-corrected chi connectivity index (χ1v) is 10.4. The highest BCUT2D eigenvalue weighted by Crippen LogP contribution is 2.47. The Hall–Kier alpha value is -3.04. The van der Waals surface area contributed by atoms with Gasteiger partial charge in [-0.05, 0) is 51.2 Å². The summed E-state index contributed by atoms with van der Waals surface area (Å²) >= 11 is 0. The van der Waals surface area contributed by atoms with Crippen LogP contribution in [0.2, 0.25) is 0 Å². The van der Waals surface area contributed by atoms with Gasteiger partial charge in [-0.2, -0.15) is 5.10 Å². The molecule has 2 atom stereocenters. The van der Waals surface area contributed by atoms with Crippen molar-refractivity contribution >= 4 is 17.8 Å². The number of amides is 2. The highest BCUT2D eigenvalue weighted by Gasteiger charge is 2.50. The number of rotatable bonds is 7. The number of hydrogen-bond acceptors (Lipinski definition) is 4. The number of aromatic nitrogens is 3. The summed E-state index contributed by atoms with van der Waals surface area (Å²) in [6, 6.07) is 4.16. The molecule has 0 radical (unpaired) electrons. The number of alkyl halides is 2.